The van der Waals surface area contributed by atoms with Gasteiger partial charge in [0.05, 0.1) is 37.7 Å². The number of ether oxygens (including phenoxy) is 1. The van der Waals surface area contributed by atoms with Gasteiger partial charge in [-0.05, 0) is 49.6 Å². The van der Waals surface area contributed by atoms with Crippen molar-refractivity contribution in [2.75, 3.05) is 48.1 Å². The summed E-state index contributed by atoms with van der Waals surface area (Å²) in [5.74, 6) is -0.0332. The summed E-state index contributed by atoms with van der Waals surface area (Å²) >= 11 is 0. The summed E-state index contributed by atoms with van der Waals surface area (Å²) in [5, 5.41) is 19.3. The summed E-state index contributed by atoms with van der Waals surface area (Å²) in [7, 11) is 1.65. The first-order valence-corrected chi connectivity index (χ1v) is 17.2. The molecule has 1 amide bonds. The third-order valence-electron chi connectivity index (χ3n) is 11.0. The third kappa shape index (κ3) is 5.55. The Labute approximate surface area is 284 Å². The predicted molar refractivity (Wildman–Crippen MR) is 184 cm³/mol. The molecule has 14 heteroatoms. The van der Waals surface area contributed by atoms with E-state index in [0.29, 0.717) is 40.3 Å². The van der Waals surface area contributed by atoms with Crippen molar-refractivity contribution >= 4 is 35.3 Å². The van der Waals surface area contributed by atoms with Crippen molar-refractivity contribution in [1.82, 2.24) is 24.3 Å². The smallest absolute Gasteiger partial charge is 0.274 e. The van der Waals surface area contributed by atoms with E-state index >= 15 is 4.39 Å². The molecule has 4 aliphatic heterocycles. The number of alkyl halides is 1. The lowest BCUT2D eigenvalue weighted by Gasteiger charge is -2.46. The second-order valence-electron chi connectivity index (χ2n) is 13.9. The molecule has 0 radical (unpaired) electrons. The van der Waals surface area contributed by atoms with E-state index in [-0.39, 0.29) is 23.3 Å². The van der Waals surface area contributed by atoms with Gasteiger partial charge in [-0.2, -0.15) is 10.1 Å². The van der Waals surface area contributed by atoms with Crippen molar-refractivity contribution in [1.29, 1.82) is 0 Å². The van der Waals surface area contributed by atoms with Crippen LogP contribution in [0.1, 0.15) is 38.2 Å². The predicted octanol–water partition coefficient (Wildman–Crippen LogP) is 2.86. The average Bonchev–Trinajstić information content (AvgIpc) is 3.38. The van der Waals surface area contributed by atoms with E-state index in [1.807, 2.05) is 18.3 Å². The number of aliphatic hydroxyl groups is 1. The number of aromatic nitrogens is 3. The Morgan fingerprint density at radius 2 is 1.94 bits per heavy atom. The number of fused-ring (bicyclic) bond motifs is 3. The van der Waals surface area contributed by atoms with E-state index in [0.717, 1.165) is 69.2 Å². The monoisotopic (exact) mass is 671 g/mol. The Balaban J connectivity index is 1.04. The molecule has 1 saturated carbocycles. The topological polar surface area (TPSA) is 132 Å². The normalized spacial score (nSPS) is 27.2. The number of carbonyl (C=O) groups excluding carboxylic acids is 1. The van der Waals surface area contributed by atoms with Crippen LogP contribution in [0.25, 0.3) is 11.1 Å². The van der Waals surface area contributed by atoms with E-state index in [1.165, 1.54) is 10.8 Å². The Kier molecular flexibility index (Phi) is 8.32. The average molecular weight is 672 g/mol. The van der Waals surface area contributed by atoms with Gasteiger partial charge >= 0.3 is 0 Å². The van der Waals surface area contributed by atoms with Crippen LogP contribution in [0, 0.1) is 5.92 Å². The highest BCUT2D eigenvalue weighted by Crippen LogP contribution is 2.43. The summed E-state index contributed by atoms with van der Waals surface area (Å²) in [5.41, 5.74) is 2.59. The summed E-state index contributed by atoms with van der Waals surface area (Å²) in [6.45, 7) is 6.24. The number of nitrogens with zero attached hydrogens (tertiary/aromatic N) is 8. The fourth-order valence-corrected chi connectivity index (χ4v) is 8.30. The summed E-state index contributed by atoms with van der Waals surface area (Å²) < 4.78 is 22.5. The highest BCUT2D eigenvalue weighted by Gasteiger charge is 2.55. The molecule has 258 valence electrons. The van der Waals surface area contributed by atoms with E-state index < -0.39 is 24.7 Å². The molecule has 3 saturated heterocycles. The standard InChI is InChI=1S/C35H42FN9O4/c1-21-15-42(24-18-49-19-24)11-12-43(21)23-7-8-30(38-14-23)40-28-13-22(16-41(2)34(28)47)25-9-10-37-33(27(25)17-46)45-35(48)32-31(36)26-5-3-4-6-29(26)44(32)20-39-45/h7-10,13-14,16,20-21,24,26,29,31-32,46H,3-6,11-12,15,17-19H2,1-2H3,(H,38,40)/t21-,26?,29?,31?,32?/m0/s1. The minimum Gasteiger partial charge on any atom is -0.392 e. The molecule has 0 aromatic carbocycles. The number of aliphatic hydroxyl groups excluding tert-OH is 1. The number of anilines is 4. The number of hydrazone groups is 1. The van der Waals surface area contributed by atoms with E-state index in [1.54, 1.807) is 36.6 Å². The molecule has 1 aliphatic carbocycles. The Morgan fingerprint density at radius 3 is 2.67 bits per heavy atom. The molecule has 0 spiro atoms. The van der Waals surface area contributed by atoms with Gasteiger partial charge in [-0.3, -0.25) is 14.5 Å². The number of hydrogen-bond donors (Lipinski definition) is 2. The second-order valence-corrected chi connectivity index (χ2v) is 13.9. The Bertz CT molecular complexity index is 1820. The Hall–Kier alpha value is -4.40. The number of hydrogen-bond acceptors (Lipinski definition) is 11. The van der Waals surface area contributed by atoms with Gasteiger partial charge in [-0.15, -0.1) is 0 Å². The molecule has 4 fully saturated rings. The van der Waals surface area contributed by atoms with Crippen molar-refractivity contribution in [3.05, 3.63) is 58.8 Å². The van der Waals surface area contributed by atoms with Crippen molar-refractivity contribution in [2.45, 2.75) is 69.6 Å². The van der Waals surface area contributed by atoms with E-state index in [4.69, 9.17) is 4.74 Å². The fourth-order valence-electron chi connectivity index (χ4n) is 8.30. The number of rotatable bonds is 7. The van der Waals surface area contributed by atoms with Gasteiger partial charge in [0.2, 0.25) is 0 Å². The second kappa shape index (κ2) is 12.8. The molecular weight excluding hydrogens is 629 g/mol. The van der Waals surface area contributed by atoms with Gasteiger partial charge in [0.1, 0.15) is 30.1 Å². The molecule has 0 bridgehead atoms. The largest absolute Gasteiger partial charge is 0.392 e. The van der Waals surface area contributed by atoms with Crippen LogP contribution in [-0.2, 0) is 23.2 Å². The van der Waals surface area contributed by atoms with Gasteiger partial charge < -0.3 is 29.5 Å². The molecule has 3 aromatic heterocycles. The lowest BCUT2D eigenvalue weighted by Crippen LogP contribution is -2.59. The van der Waals surface area contributed by atoms with Gasteiger partial charge in [-0.1, -0.05) is 12.8 Å². The summed E-state index contributed by atoms with van der Waals surface area (Å²) in [6, 6.07) is 7.15. The molecular formula is C35H42FN9O4. The number of carbonyl (C=O) groups is 1. The third-order valence-corrected chi connectivity index (χ3v) is 11.0. The van der Waals surface area contributed by atoms with Crippen molar-refractivity contribution in [2.24, 2.45) is 18.1 Å². The highest BCUT2D eigenvalue weighted by atomic mass is 19.1. The zero-order chi connectivity index (χ0) is 33.8. The maximum atomic E-state index is 15.7. The molecule has 5 aliphatic rings. The van der Waals surface area contributed by atoms with Crippen LogP contribution in [0.3, 0.4) is 0 Å². The SMILES string of the molecule is C[C@H]1CN(C2COC2)CCN1c1ccc(Nc2cc(-c3ccnc(N4N=CN5C6CCCCC6C(F)C5C4=O)c3CO)cn(C)c2=O)nc1. The first-order chi connectivity index (χ1) is 23.8. The fraction of sp³-hybridized carbons (Fsp3) is 0.514. The number of nitrogens with one attached hydrogen (secondary N) is 1. The number of aryl methyl sites for hydroxylation is 1. The zero-order valence-corrected chi connectivity index (χ0v) is 27.8. The molecule has 3 aromatic rings. The maximum absolute atomic E-state index is 15.7. The van der Waals surface area contributed by atoms with Crippen LogP contribution < -0.4 is 20.8 Å². The molecule has 2 N–H and O–H groups in total. The lowest BCUT2D eigenvalue weighted by molar-refractivity contribution is -0.124. The van der Waals surface area contributed by atoms with E-state index in [2.05, 4.69) is 37.1 Å². The summed E-state index contributed by atoms with van der Waals surface area (Å²) in [6.07, 6.45) is 8.84. The van der Waals surface area contributed by atoms with Crippen molar-refractivity contribution in [3.8, 4) is 11.1 Å². The number of amides is 1. The highest BCUT2D eigenvalue weighted by molar-refractivity contribution is 6.01. The number of halogens is 1. The molecule has 8 rings (SSSR count). The van der Waals surface area contributed by atoms with Gasteiger partial charge in [0.15, 0.2) is 5.82 Å². The zero-order valence-electron chi connectivity index (χ0n) is 27.8. The molecule has 4 unspecified atom stereocenters. The first-order valence-electron chi connectivity index (χ1n) is 17.2. The van der Waals surface area contributed by atoms with Crippen LogP contribution in [-0.4, -0.2) is 105 Å². The van der Waals surface area contributed by atoms with Crippen LogP contribution in [0.5, 0.6) is 0 Å². The van der Waals surface area contributed by atoms with Crippen LogP contribution in [0.15, 0.2) is 52.8 Å². The van der Waals surface area contributed by atoms with Gasteiger partial charge in [-0.25, -0.2) is 14.4 Å². The van der Waals surface area contributed by atoms with Crippen molar-refractivity contribution in [3.63, 3.8) is 0 Å². The molecule has 7 heterocycles. The molecule has 49 heavy (non-hydrogen) atoms. The minimum absolute atomic E-state index is 0.0331. The number of pyridine rings is 3. The Morgan fingerprint density at radius 1 is 1.10 bits per heavy atom. The molecule has 13 nitrogen and oxygen atoms in total. The summed E-state index contributed by atoms with van der Waals surface area (Å²) in [4.78, 5) is 42.7. The molecule has 5 atom stereocenters. The lowest BCUT2D eigenvalue weighted by atomic mass is 9.84. The van der Waals surface area contributed by atoms with Crippen LogP contribution in [0.2, 0.25) is 0 Å². The van der Waals surface area contributed by atoms with Crippen LogP contribution >= 0.6 is 0 Å². The van der Waals surface area contributed by atoms with Crippen LogP contribution in [0.4, 0.5) is 27.4 Å². The first kappa shape index (κ1) is 31.8. The quantitative estimate of drug-likeness (QED) is 0.387. The van der Waals surface area contributed by atoms with Gasteiger partial charge in [0.25, 0.3) is 11.5 Å². The van der Waals surface area contributed by atoms with Gasteiger partial charge in [0, 0.05) is 68.2 Å². The number of piperazine rings is 1. The maximum Gasteiger partial charge on any atom is 0.274 e. The minimum atomic E-state index is -1.30. The van der Waals surface area contributed by atoms with Crippen molar-refractivity contribution < 1.29 is 19.0 Å². The van der Waals surface area contributed by atoms with E-state index in [9.17, 15) is 14.7 Å².